The summed E-state index contributed by atoms with van der Waals surface area (Å²) in [4.78, 5) is 7.65. The summed E-state index contributed by atoms with van der Waals surface area (Å²) in [5, 5.41) is 0. The Balaban J connectivity index is 2.70. The van der Waals surface area contributed by atoms with Gasteiger partial charge in [0.15, 0.2) is 12.4 Å². The van der Waals surface area contributed by atoms with Crippen LogP contribution in [0.2, 0.25) is 0 Å². The molecule has 0 saturated heterocycles. The molecule has 2 N–H and O–H groups in total. The van der Waals surface area contributed by atoms with Gasteiger partial charge >= 0.3 is 0 Å². The highest BCUT2D eigenvalue weighted by molar-refractivity contribution is 5.32. The molecule has 0 fully saturated rings. The molecule has 0 aliphatic heterocycles. The molecule has 7 heteroatoms. The van der Waals surface area contributed by atoms with E-state index in [1.165, 1.54) is 13.2 Å². The largest absolute Gasteiger partial charge is 0.471 e. The number of hydrogen-bond donors (Lipinski definition) is 1. The van der Waals surface area contributed by atoms with Gasteiger partial charge < -0.3 is 15.2 Å². The van der Waals surface area contributed by atoms with Gasteiger partial charge in [-0.05, 0) is 0 Å². The zero-order valence-electron chi connectivity index (χ0n) is 8.11. The van der Waals surface area contributed by atoms with Crippen LogP contribution in [-0.2, 0) is 11.3 Å². The molecule has 0 bridgehead atoms. The summed E-state index contributed by atoms with van der Waals surface area (Å²) in [6, 6.07) is 1.28. The van der Waals surface area contributed by atoms with Gasteiger partial charge in [0.2, 0.25) is 5.88 Å². The van der Waals surface area contributed by atoms with E-state index >= 15 is 0 Å². The van der Waals surface area contributed by atoms with Crippen LogP contribution in [0.15, 0.2) is 6.07 Å². The number of ether oxygens (including phenoxy) is 2. The van der Waals surface area contributed by atoms with E-state index in [1.807, 2.05) is 0 Å². The minimum absolute atomic E-state index is 0.0230. The van der Waals surface area contributed by atoms with Crippen molar-refractivity contribution in [2.75, 3.05) is 19.5 Å². The van der Waals surface area contributed by atoms with Crippen molar-refractivity contribution in [1.82, 2.24) is 9.97 Å². The molecule has 0 aromatic carbocycles. The number of alkyl halides is 2. The van der Waals surface area contributed by atoms with Gasteiger partial charge in [-0.25, -0.2) is 13.8 Å². The van der Waals surface area contributed by atoms with Crippen LogP contribution in [0.1, 0.15) is 5.82 Å². The van der Waals surface area contributed by atoms with E-state index in [0.29, 0.717) is 5.82 Å². The van der Waals surface area contributed by atoms with Gasteiger partial charge in [0.05, 0.1) is 0 Å². The minimum atomic E-state index is -2.55. The SMILES string of the molecule is COCc1nc(N)cc(OCC(F)F)n1. The monoisotopic (exact) mass is 219 g/mol. The summed E-state index contributed by atoms with van der Waals surface area (Å²) in [5.41, 5.74) is 5.42. The van der Waals surface area contributed by atoms with E-state index in [0.717, 1.165) is 0 Å². The fourth-order valence-corrected chi connectivity index (χ4v) is 0.908. The molecular formula is C8H11F2N3O2. The summed E-state index contributed by atoms with van der Waals surface area (Å²) in [6.45, 7) is -0.570. The van der Waals surface area contributed by atoms with Crippen molar-refractivity contribution in [2.45, 2.75) is 13.0 Å². The quantitative estimate of drug-likeness (QED) is 0.794. The first-order chi connectivity index (χ1) is 7.11. The zero-order chi connectivity index (χ0) is 11.3. The van der Waals surface area contributed by atoms with Crippen LogP contribution >= 0.6 is 0 Å². The normalized spacial score (nSPS) is 10.7. The van der Waals surface area contributed by atoms with Gasteiger partial charge in [0.1, 0.15) is 12.4 Å². The molecule has 0 amide bonds. The van der Waals surface area contributed by atoms with Crippen LogP contribution in [0, 0.1) is 0 Å². The van der Waals surface area contributed by atoms with Gasteiger partial charge in [-0.15, -0.1) is 0 Å². The molecule has 84 valence electrons. The molecule has 1 aromatic heterocycles. The lowest BCUT2D eigenvalue weighted by Crippen LogP contribution is -2.10. The van der Waals surface area contributed by atoms with E-state index in [-0.39, 0.29) is 18.3 Å². The van der Waals surface area contributed by atoms with Crippen LogP contribution in [0.4, 0.5) is 14.6 Å². The first-order valence-electron chi connectivity index (χ1n) is 4.15. The van der Waals surface area contributed by atoms with E-state index in [2.05, 4.69) is 9.97 Å². The second-order valence-electron chi connectivity index (χ2n) is 2.68. The Morgan fingerprint density at radius 1 is 1.47 bits per heavy atom. The predicted molar refractivity (Wildman–Crippen MR) is 48.7 cm³/mol. The lowest BCUT2D eigenvalue weighted by molar-refractivity contribution is 0.0790. The number of nitrogens with zero attached hydrogens (tertiary/aromatic N) is 2. The van der Waals surface area contributed by atoms with Crippen LogP contribution in [0.5, 0.6) is 5.88 Å². The van der Waals surface area contributed by atoms with E-state index < -0.39 is 13.0 Å². The van der Waals surface area contributed by atoms with Gasteiger partial charge in [-0.1, -0.05) is 0 Å². The Bertz CT molecular complexity index is 323. The smallest absolute Gasteiger partial charge is 0.272 e. The van der Waals surface area contributed by atoms with E-state index in [1.54, 1.807) is 0 Å². The van der Waals surface area contributed by atoms with E-state index in [9.17, 15) is 8.78 Å². The van der Waals surface area contributed by atoms with Crippen molar-refractivity contribution in [1.29, 1.82) is 0 Å². The standard InChI is InChI=1S/C8H11F2N3O2/c1-14-4-7-12-6(11)2-8(13-7)15-3-5(9)10/h2,5H,3-4H2,1H3,(H2,11,12,13). The predicted octanol–water partition coefficient (Wildman–Crippen LogP) is 0.849. The third kappa shape index (κ3) is 4.03. The third-order valence-corrected chi connectivity index (χ3v) is 1.40. The maximum Gasteiger partial charge on any atom is 0.272 e. The molecular weight excluding hydrogens is 208 g/mol. The topological polar surface area (TPSA) is 70.3 Å². The molecule has 5 nitrogen and oxygen atoms in total. The highest BCUT2D eigenvalue weighted by atomic mass is 19.3. The van der Waals surface area contributed by atoms with Gasteiger partial charge in [-0.3, -0.25) is 0 Å². The third-order valence-electron chi connectivity index (χ3n) is 1.40. The molecule has 1 rings (SSSR count). The summed E-state index contributed by atoms with van der Waals surface area (Å²) >= 11 is 0. The zero-order valence-corrected chi connectivity index (χ0v) is 8.11. The Kier molecular flexibility index (Phi) is 4.17. The van der Waals surface area contributed by atoms with Gasteiger partial charge in [-0.2, -0.15) is 4.98 Å². The number of nitrogen functional groups attached to an aromatic ring is 1. The molecule has 1 heterocycles. The number of anilines is 1. The highest BCUT2D eigenvalue weighted by Gasteiger charge is 2.07. The Hall–Kier alpha value is -1.50. The van der Waals surface area contributed by atoms with Gasteiger partial charge in [0, 0.05) is 13.2 Å². The van der Waals surface area contributed by atoms with Crippen molar-refractivity contribution in [2.24, 2.45) is 0 Å². The summed E-state index contributed by atoms with van der Waals surface area (Å²) in [5.74, 6) is 0.470. The van der Waals surface area contributed by atoms with Crippen molar-refractivity contribution in [3.63, 3.8) is 0 Å². The molecule has 0 aliphatic carbocycles. The average molecular weight is 219 g/mol. The Labute approximate surface area is 85.2 Å². The maximum atomic E-state index is 11.8. The molecule has 0 unspecified atom stereocenters. The number of aromatic nitrogens is 2. The first kappa shape index (κ1) is 11.6. The summed E-state index contributed by atoms with van der Waals surface area (Å²) in [7, 11) is 1.46. The summed E-state index contributed by atoms with van der Waals surface area (Å²) < 4.78 is 33.2. The lowest BCUT2D eigenvalue weighted by Gasteiger charge is -2.06. The second-order valence-corrected chi connectivity index (χ2v) is 2.68. The van der Waals surface area contributed by atoms with Crippen molar-refractivity contribution < 1.29 is 18.3 Å². The average Bonchev–Trinajstić information content (AvgIpc) is 2.14. The number of nitrogens with two attached hydrogens (primary N) is 1. The van der Waals surface area contributed by atoms with Crippen LogP contribution < -0.4 is 10.5 Å². The van der Waals surface area contributed by atoms with Crippen molar-refractivity contribution in [3.8, 4) is 5.88 Å². The van der Waals surface area contributed by atoms with Crippen LogP contribution in [0.25, 0.3) is 0 Å². The van der Waals surface area contributed by atoms with Gasteiger partial charge in [0.25, 0.3) is 6.43 Å². The number of halogens is 2. The van der Waals surface area contributed by atoms with Crippen LogP contribution in [0.3, 0.4) is 0 Å². The summed E-state index contributed by atoms with van der Waals surface area (Å²) in [6.07, 6.45) is -2.55. The Morgan fingerprint density at radius 2 is 2.20 bits per heavy atom. The minimum Gasteiger partial charge on any atom is -0.471 e. The number of hydrogen-bond acceptors (Lipinski definition) is 5. The fraction of sp³-hybridized carbons (Fsp3) is 0.500. The molecule has 0 radical (unpaired) electrons. The lowest BCUT2D eigenvalue weighted by atomic mass is 10.5. The molecule has 0 saturated carbocycles. The molecule has 1 aromatic rings. The molecule has 0 aliphatic rings. The molecule has 15 heavy (non-hydrogen) atoms. The first-order valence-corrected chi connectivity index (χ1v) is 4.15. The highest BCUT2D eigenvalue weighted by Crippen LogP contribution is 2.12. The van der Waals surface area contributed by atoms with Crippen LogP contribution in [-0.4, -0.2) is 30.1 Å². The number of methoxy groups -OCH3 is 1. The molecule has 0 spiro atoms. The molecule has 0 atom stereocenters. The van der Waals surface area contributed by atoms with Crippen molar-refractivity contribution in [3.05, 3.63) is 11.9 Å². The number of rotatable bonds is 5. The Morgan fingerprint density at radius 3 is 2.80 bits per heavy atom. The second kappa shape index (κ2) is 5.40. The fourth-order valence-electron chi connectivity index (χ4n) is 0.908. The maximum absolute atomic E-state index is 11.8. The van der Waals surface area contributed by atoms with E-state index in [4.69, 9.17) is 15.2 Å². The van der Waals surface area contributed by atoms with Crippen molar-refractivity contribution >= 4 is 5.82 Å².